The fourth-order valence-corrected chi connectivity index (χ4v) is 3.89. The number of hydrogen-bond acceptors (Lipinski definition) is 4. The van der Waals surface area contributed by atoms with Crippen LogP contribution in [0.25, 0.3) is 21.5 Å². The topological polar surface area (TPSA) is 66.4 Å². The van der Waals surface area contributed by atoms with Crippen molar-refractivity contribution in [1.82, 2.24) is 19.8 Å². The highest BCUT2D eigenvalue weighted by atomic mass is 16.2. The standard InChI is InChI=1S/C26H26N4O2/c1-29(25(31)23-17-27-15-19-9-3-5-11-21(19)23)13-7-8-14-30(2)26(32)24-18-28-16-20-10-4-6-12-22(20)24/h3-6,9-12,15-18H,7-8,13-14H2,1-2H3. The maximum atomic E-state index is 12.9. The van der Waals surface area contributed by atoms with Crippen molar-refractivity contribution in [2.45, 2.75) is 12.8 Å². The largest absolute Gasteiger partial charge is 0.342 e. The number of carbonyl (C=O) groups excluding carboxylic acids is 2. The number of carbonyl (C=O) groups is 2. The zero-order valence-electron chi connectivity index (χ0n) is 18.4. The highest BCUT2D eigenvalue weighted by Gasteiger charge is 2.17. The first kappa shape index (κ1) is 21.4. The Labute approximate surface area is 187 Å². The van der Waals surface area contributed by atoms with Crippen molar-refractivity contribution in [3.8, 4) is 0 Å². The Morgan fingerprint density at radius 2 is 1.06 bits per heavy atom. The molecule has 0 spiro atoms. The highest BCUT2D eigenvalue weighted by Crippen LogP contribution is 2.20. The third kappa shape index (κ3) is 4.44. The van der Waals surface area contributed by atoms with E-state index in [0.717, 1.165) is 34.4 Å². The number of unbranched alkanes of at least 4 members (excludes halogenated alkanes) is 1. The summed E-state index contributed by atoms with van der Waals surface area (Å²) in [7, 11) is 3.61. The Bertz CT molecular complexity index is 1160. The van der Waals surface area contributed by atoms with Crippen LogP contribution >= 0.6 is 0 Å². The molecule has 32 heavy (non-hydrogen) atoms. The maximum absolute atomic E-state index is 12.9. The zero-order chi connectivity index (χ0) is 22.5. The smallest absolute Gasteiger partial charge is 0.255 e. The Morgan fingerprint density at radius 3 is 1.50 bits per heavy atom. The maximum Gasteiger partial charge on any atom is 0.255 e. The van der Waals surface area contributed by atoms with E-state index >= 15 is 0 Å². The van der Waals surface area contributed by atoms with Crippen LogP contribution in [0.5, 0.6) is 0 Å². The summed E-state index contributed by atoms with van der Waals surface area (Å²) in [6.45, 7) is 1.22. The Balaban J connectivity index is 1.32. The molecule has 0 fully saturated rings. The van der Waals surface area contributed by atoms with E-state index in [1.54, 1.807) is 48.7 Å². The number of rotatable bonds is 7. The van der Waals surface area contributed by atoms with Crippen molar-refractivity contribution < 1.29 is 9.59 Å². The lowest BCUT2D eigenvalue weighted by Gasteiger charge is -2.20. The summed E-state index contributed by atoms with van der Waals surface area (Å²) in [6, 6.07) is 15.5. The number of pyridine rings is 2. The summed E-state index contributed by atoms with van der Waals surface area (Å²) < 4.78 is 0. The van der Waals surface area contributed by atoms with E-state index in [0.29, 0.717) is 24.2 Å². The molecule has 2 aromatic carbocycles. The molecule has 0 atom stereocenters. The minimum Gasteiger partial charge on any atom is -0.342 e. The molecule has 162 valence electrons. The molecule has 4 rings (SSSR count). The van der Waals surface area contributed by atoms with Crippen LogP contribution in [0.15, 0.2) is 73.3 Å². The summed E-state index contributed by atoms with van der Waals surface area (Å²) in [5.74, 6) is -0.0823. The molecule has 6 nitrogen and oxygen atoms in total. The van der Waals surface area contributed by atoms with Gasteiger partial charge in [0, 0.05) is 62.7 Å². The number of amides is 2. The van der Waals surface area contributed by atoms with Gasteiger partial charge >= 0.3 is 0 Å². The molecule has 0 N–H and O–H groups in total. The molecule has 2 heterocycles. The van der Waals surface area contributed by atoms with E-state index in [1.165, 1.54) is 0 Å². The second-order valence-corrected chi connectivity index (χ2v) is 7.98. The van der Waals surface area contributed by atoms with Crippen molar-refractivity contribution in [3.05, 3.63) is 84.4 Å². The van der Waals surface area contributed by atoms with E-state index in [4.69, 9.17) is 0 Å². The molecule has 0 aliphatic rings. The van der Waals surface area contributed by atoms with E-state index in [9.17, 15) is 9.59 Å². The first-order valence-electron chi connectivity index (χ1n) is 10.7. The molecular formula is C26H26N4O2. The van der Waals surface area contributed by atoms with Gasteiger partial charge < -0.3 is 9.80 Å². The van der Waals surface area contributed by atoms with Gasteiger partial charge in [0.25, 0.3) is 11.8 Å². The quantitative estimate of drug-likeness (QED) is 0.411. The van der Waals surface area contributed by atoms with Gasteiger partial charge in [0.15, 0.2) is 0 Å². The lowest BCUT2D eigenvalue weighted by Crippen LogP contribution is -2.30. The molecule has 2 amide bonds. The Kier molecular flexibility index (Phi) is 6.40. The van der Waals surface area contributed by atoms with Gasteiger partial charge in [-0.15, -0.1) is 0 Å². The van der Waals surface area contributed by atoms with Gasteiger partial charge in [0.05, 0.1) is 11.1 Å². The first-order chi connectivity index (χ1) is 15.6. The summed E-state index contributed by atoms with van der Waals surface area (Å²) in [4.78, 5) is 37.7. The fourth-order valence-electron chi connectivity index (χ4n) is 3.89. The molecule has 4 aromatic rings. The van der Waals surface area contributed by atoms with Crippen LogP contribution in [-0.4, -0.2) is 58.8 Å². The van der Waals surface area contributed by atoms with Crippen LogP contribution in [0.3, 0.4) is 0 Å². The normalized spacial score (nSPS) is 10.9. The van der Waals surface area contributed by atoms with E-state index < -0.39 is 0 Å². The minimum absolute atomic E-state index is 0.0411. The summed E-state index contributed by atoms with van der Waals surface area (Å²) in [5.41, 5.74) is 1.22. The number of nitrogens with zero attached hydrogens (tertiary/aromatic N) is 4. The molecule has 6 heteroatoms. The van der Waals surface area contributed by atoms with Crippen LogP contribution in [-0.2, 0) is 0 Å². The predicted octanol–water partition coefficient (Wildman–Crippen LogP) is 4.41. The molecule has 0 radical (unpaired) electrons. The average molecular weight is 427 g/mol. The van der Waals surface area contributed by atoms with Gasteiger partial charge in [0.1, 0.15) is 0 Å². The highest BCUT2D eigenvalue weighted by molar-refractivity contribution is 6.07. The summed E-state index contributed by atoms with van der Waals surface area (Å²) in [6.07, 6.45) is 8.39. The van der Waals surface area contributed by atoms with E-state index in [-0.39, 0.29) is 11.8 Å². The monoisotopic (exact) mass is 426 g/mol. The molecule has 0 unspecified atom stereocenters. The summed E-state index contributed by atoms with van der Waals surface area (Å²) >= 11 is 0. The molecule has 0 aliphatic carbocycles. The molecule has 0 aliphatic heterocycles. The van der Waals surface area contributed by atoms with Crippen molar-refractivity contribution in [2.75, 3.05) is 27.2 Å². The van der Waals surface area contributed by atoms with Gasteiger partial charge in [0.2, 0.25) is 0 Å². The van der Waals surface area contributed by atoms with Crippen molar-refractivity contribution >= 4 is 33.4 Å². The van der Waals surface area contributed by atoms with Crippen molar-refractivity contribution in [3.63, 3.8) is 0 Å². The van der Waals surface area contributed by atoms with Crippen molar-refractivity contribution in [2.24, 2.45) is 0 Å². The van der Waals surface area contributed by atoms with Crippen LogP contribution < -0.4 is 0 Å². The molecule has 2 aromatic heterocycles. The lowest BCUT2D eigenvalue weighted by molar-refractivity contribution is 0.0768. The van der Waals surface area contributed by atoms with E-state index in [2.05, 4.69) is 9.97 Å². The number of hydrogen-bond donors (Lipinski definition) is 0. The fraction of sp³-hybridized carbons (Fsp3) is 0.231. The second-order valence-electron chi connectivity index (χ2n) is 7.98. The number of fused-ring (bicyclic) bond motifs is 2. The van der Waals surface area contributed by atoms with Crippen LogP contribution in [0.2, 0.25) is 0 Å². The van der Waals surface area contributed by atoms with Crippen LogP contribution in [0, 0.1) is 0 Å². The molecular weight excluding hydrogens is 400 g/mol. The average Bonchev–Trinajstić information content (AvgIpc) is 2.84. The van der Waals surface area contributed by atoms with Gasteiger partial charge in [-0.2, -0.15) is 0 Å². The third-order valence-electron chi connectivity index (χ3n) is 5.73. The van der Waals surface area contributed by atoms with Gasteiger partial charge in [-0.25, -0.2) is 0 Å². The van der Waals surface area contributed by atoms with Crippen LogP contribution in [0.4, 0.5) is 0 Å². The Hall–Kier alpha value is -3.80. The van der Waals surface area contributed by atoms with E-state index in [1.807, 2.05) is 48.5 Å². The van der Waals surface area contributed by atoms with Gasteiger partial charge in [-0.1, -0.05) is 48.5 Å². The van der Waals surface area contributed by atoms with Crippen LogP contribution in [0.1, 0.15) is 33.6 Å². The molecule has 0 saturated carbocycles. The molecule has 0 bridgehead atoms. The summed E-state index contributed by atoms with van der Waals surface area (Å²) in [5, 5.41) is 3.73. The Morgan fingerprint density at radius 1 is 0.656 bits per heavy atom. The SMILES string of the molecule is CN(CCCCN(C)C(=O)c1cncc2ccccc12)C(=O)c1cncc2ccccc12. The second kappa shape index (κ2) is 9.56. The lowest BCUT2D eigenvalue weighted by atomic mass is 10.1. The number of aromatic nitrogens is 2. The van der Waals surface area contributed by atoms with Gasteiger partial charge in [-0.05, 0) is 23.6 Å². The first-order valence-corrected chi connectivity index (χ1v) is 10.7. The predicted molar refractivity (Wildman–Crippen MR) is 127 cm³/mol. The van der Waals surface area contributed by atoms with Gasteiger partial charge in [-0.3, -0.25) is 19.6 Å². The van der Waals surface area contributed by atoms with Crippen molar-refractivity contribution in [1.29, 1.82) is 0 Å². The third-order valence-corrected chi connectivity index (χ3v) is 5.73. The minimum atomic E-state index is -0.0411. The zero-order valence-corrected chi connectivity index (χ0v) is 18.4. The molecule has 0 saturated heterocycles. The number of benzene rings is 2.